The van der Waals surface area contributed by atoms with Crippen LogP contribution in [0.15, 0.2) is 18.5 Å². The zero-order chi connectivity index (χ0) is 13.6. The Bertz CT molecular complexity index is 552. The molecule has 6 heteroatoms. The minimum Gasteiger partial charge on any atom is -0.393 e. The topological polar surface area (TPSA) is 76.3 Å². The van der Waals surface area contributed by atoms with E-state index < -0.39 is 0 Å². The van der Waals surface area contributed by atoms with Gasteiger partial charge >= 0.3 is 0 Å². The predicted octanol–water partition coefficient (Wildman–Crippen LogP) is 1.13. The molecule has 1 fully saturated rings. The first-order valence-corrected chi connectivity index (χ1v) is 6.63. The van der Waals surface area contributed by atoms with Gasteiger partial charge < -0.3 is 5.73 Å². The van der Waals surface area contributed by atoms with Crippen LogP contribution in [-0.2, 0) is 0 Å². The van der Waals surface area contributed by atoms with Crippen molar-refractivity contribution in [3.05, 3.63) is 29.6 Å². The molecule has 2 N–H and O–H groups in total. The van der Waals surface area contributed by atoms with Crippen LogP contribution in [0.4, 0.5) is 0 Å². The lowest BCUT2D eigenvalue weighted by atomic mass is 10.0. The molecule has 1 aromatic rings. The van der Waals surface area contributed by atoms with Crippen LogP contribution >= 0.6 is 12.2 Å². The van der Waals surface area contributed by atoms with E-state index >= 15 is 0 Å². The van der Waals surface area contributed by atoms with Gasteiger partial charge in [0, 0.05) is 24.4 Å². The van der Waals surface area contributed by atoms with Crippen molar-refractivity contribution in [2.75, 3.05) is 0 Å². The van der Waals surface area contributed by atoms with Gasteiger partial charge in [0.15, 0.2) is 0 Å². The van der Waals surface area contributed by atoms with E-state index in [1.165, 1.54) is 17.3 Å². The molecular weight excluding hydrogens is 262 g/mol. The first-order chi connectivity index (χ1) is 9.11. The van der Waals surface area contributed by atoms with Crippen LogP contribution in [0.5, 0.6) is 0 Å². The van der Waals surface area contributed by atoms with Crippen molar-refractivity contribution >= 4 is 29.0 Å². The Morgan fingerprint density at radius 1 is 1.32 bits per heavy atom. The Kier molecular flexibility index (Phi) is 2.82. The molecule has 2 unspecified atom stereocenters. The molecule has 5 nitrogen and oxygen atoms in total. The molecule has 1 aliphatic carbocycles. The van der Waals surface area contributed by atoms with Crippen molar-refractivity contribution in [3.63, 3.8) is 0 Å². The normalized spacial score (nSPS) is 25.8. The van der Waals surface area contributed by atoms with Crippen molar-refractivity contribution in [2.24, 2.45) is 11.7 Å². The van der Waals surface area contributed by atoms with E-state index in [9.17, 15) is 9.59 Å². The molecule has 2 heterocycles. The number of nitrogens with two attached hydrogens (primary N) is 1. The fourth-order valence-electron chi connectivity index (χ4n) is 2.99. The number of nitrogens with zero attached hydrogens (tertiary/aromatic N) is 2. The lowest BCUT2D eigenvalue weighted by molar-refractivity contribution is 0.0571. The van der Waals surface area contributed by atoms with Crippen LogP contribution in [0.3, 0.4) is 0 Å². The maximum Gasteiger partial charge on any atom is 0.263 e. The number of imide groups is 1. The maximum atomic E-state index is 12.4. The summed E-state index contributed by atoms with van der Waals surface area (Å²) in [4.78, 5) is 30.3. The second-order valence-electron chi connectivity index (χ2n) is 4.91. The van der Waals surface area contributed by atoms with E-state index in [1.807, 2.05) is 0 Å². The number of rotatable bonds is 2. The Morgan fingerprint density at radius 2 is 2.05 bits per heavy atom. The number of aromatic nitrogens is 1. The molecule has 1 aromatic heterocycles. The molecule has 0 spiro atoms. The number of hydrogen-bond donors (Lipinski definition) is 1. The molecule has 19 heavy (non-hydrogen) atoms. The Labute approximate surface area is 115 Å². The quantitative estimate of drug-likeness (QED) is 0.647. The third kappa shape index (κ3) is 1.74. The molecule has 2 amide bonds. The number of pyridine rings is 1. The van der Waals surface area contributed by atoms with E-state index in [1.54, 1.807) is 6.07 Å². The lowest BCUT2D eigenvalue weighted by Crippen LogP contribution is -2.45. The van der Waals surface area contributed by atoms with Gasteiger partial charge in [-0.2, -0.15) is 0 Å². The number of carbonyl (C=O) groups excluding carboxylic acids is 2. The summed E-state index contributed by atoms with van der Waals surface area (Å²) in [7, 11) is 0. The number of hydrogen-bond acceptors (Lipinski definition) is 4. The summed E-state index contributed by atoms with van der Waals surface area (Å²) in [5, 5.41) is 0. The standard InChI is InChI=1S/C13H13N3O2S/c14-11(19)8-2-1-3-10(8)16-12(17)7-4-5-15-6-9(7)13(16)18/h4-6,8,10H,1-3H2,(H2,14,19). The fourth-order valence-corrected chi connectivity index (χ4v) is 3.26. The minimum atomic E-state index is -0.277. The zero-order valence-corrected chi connectivity index (χ0v) is 11.0. The summed E-state index contributed by atoms with van der Waals surface area (Å²) >= 11 is 5.05. The van der Waals surface area contributed by atoms with E-state index in [0.29, 0.717) is 16.1 Å². The number of fused-ring (bicyclic) bond motifs is 1. The Morgan fingerprint density at radius 3 is 2.74 bits per heavy atom. The molecule has 1 aliphatic heterocycles. The van der Waals surface area contributed by atoms with Gasteiger partial charge in [-0.15, -0.1) is 0 Å². The van der Waals surface area contributed by atoms with E-state index in [4.69, 9.17) is 18.0 Å². The van der Waals surface area contributed by atoms with Gasteiger partial charge in [-0.1, -0.05) is 18.6 Å². The third-order valence-corrected chi connectivity index (χ3v) is 4.20. The Hall–Kier alpha value is -1.82. The SMILES string of the molecule is NC(=S)C1CCCC1N1C(=O)c2ccncc2C1=O. The second-order valence-corrected chi connectivity index (χ2v) is 5.38. The Balaban J connectivity index is 1.98. The number of carbonyl (C=O) groups is 2. The summed E-state index contributed by atoms with van der Waals surface area (Å²) in [6, 6.07) is 1.38. The van der Waals surface area contributed by atoms with Gasteiger partial charge in [0.05, 0.1) is 16.1 Å². The van der Waals surface area contributed by atoms with Crippen molar-refractivity contribution in [1.29, 1.82) is 0 Å². The smallest absolute Gasteiger partial charge is 0.263 e. The lowest BCUT2D eigenvalue weighted by Gasteiger charge is -2.27. The van der Waals surface area contributed by atoms with Crippen LogP contribution in [-0.4, -0.2) is 32.7 Å². The molecular formula is C13H13N3O2S. The third-order valence-electron chi connectivity index (χ3n) is 3.90. The first-order valence-electron chi connectivity index (χ1n) is 6.22. The largest absolute Gasteiger partial charge is 0.393 e. The van der Waals surface area contributed by atoms with Crippen LogP contribution in [0.1, 0.15) is 40.0 Å². The zero-order valence-electron chi connectivity index (χ0n) is 10.2. The van der Waals surface area contributed by atoms with Gasteiger partial charge in [-0.3, -0.25) is 19.5 Å². The molecule has 0 bridgehead atoms. The average molecular weight is 275 g/mol. The summed E-state index contributed by atoms with van der Waals surface area (Å²) < 4.78 is 0. The molecule has 3 rings (SSSR count). The first kappa shape index (κ1) is 12.2. The number of amides is 2. The highest BCUT2D eigenvalue weighted by Gasteiger charge is 2.45. The molecule has 0 radical (unpaired) electrons. The monoisotopic (exact) mass is 275 g/mol. The van der Waals surface area contributed by atoms with Gasteiger partial charge in [0.1, 0.15) is 0 Å². The van der Waals surface area contributed by atoms with Crippen LogP contribution < -0.4 is 5.73 Å². The van der Waals surface area contributed by atoms with Crippen LogP contribution in [0, 0.1) is 5.92 Å². The summed E-state index contributed by atoms with van der Waals surface area (Å²) in [6.07, 6.45) is 5.50. The van der Waals surface area contributed by atoms with Crippen molar-refractivity contribution < 1.29 is 9.59 Å². The van der Waals surface area contributed by atoms with Crippen LogP contribution in [0.2, 0.25) is 0 Å². The van der Waals surface area contributed by atoms with Crippen LogP contribution in [0.25, 0.3) is 0 Å². The van der Waals surface area contributed by atoms with Crippen molar-refractivity contribution in [3.8, 4) is 0 Å². The molecule has 2 atom stereocenters. The predicted molar refractivity (Wildman–Crippen MR) is 72.7 cm³/mol. The summed E-state index contributed by atoms with van der Waals surface area (Å²) in [5.41, 5.74) is 6.52. The van der Waals surface area contributed by atoms with E-state index in [0.717, 1.165) is 19.3 Å². The minimum absolute atomic E-state index is 0.0647. The molecule has 98 valence electrons. The van der Waals surface area contributed by atoms with E-state index in [-0.39, 0.29) is 23.8 Å². The average Bonchev–Trinajstić information content (AvgIpc) is 2.95. The fraction of sp³-hybridized carbons (Fsp3) is 0.385. The summed E-state index contributed by atoms with van der Waals surface area (Å²) in [6.45, 7) is 0. The van der Waals surface area contributed by atoms with Gasteiger partial charge in [0.25, 0.3) is 11.8 Å². The highest BCUT2D eigenvalue weighted by atomic mass is 32.1. The van der Waals surface area contributed by atoms with Gasteiger partial charge in [-0.05, 0) is 18.9 Å². The molecule has 2 aliphatic rings. The van der Waals surface area contributed by atoms with Gasteiger partial charge in [-0.25, -0.2) is 0 Å². The van der Waals surface area contributed by atoms with E-state index in [2.05, 4.69) is 4.98 Å². The molecule has 1 saturated carbocycles. The molecule has 0 saturated heterocycles. The molecule has 0 aromatic carbocycles. The van der Waals surface area contributed by atoms with Gasteiger partial charge in [0.2, 0.25) is 0 Å². The highest BCUT2D eigenvalue weighted by molar-refractivity contribution is 7.80. The number of thiocarbonyl (C=S) groups is 1. The highest BCUT2D eigenvalue weighted by Crippen LogP contribution is 2.35. The van der Waals surface area contributed by atoms with Crippen molar-refractivity contribution in [2.45, 2.75) is 25.3 Å². The maximum absolute atomic E-state index is 12.4. The summed E-state index contributed by atoms with van der Waals surface area (Å²) in [5.74, 6) is -0.595. The van der Waals surface area contributed by atoms with Crippen molar-refractivity contribution in [1.82, 2.24) is 9.88 Å². The second kappa shape index (κ2) is 4.38.